The number of carbonyl (C=O) groups excluding carboxylic acids is 4. The standard InChI is InChI=1S/C28H23ClN2O7/c1-3-16-37-28(35)19-8-4-5-9-20(19)31-25(32)23(29)24(26(31)33)30-18-14-12-17(13-15-18)27(34)38-22-11-7-6-10-21(22)36-2/h4-15,30H,3,16H2,1-2H3. The molecule has 1 heterocycles. The van der Waals surface area contributed by atoms with E-state index in [1.807, 2.05) is 6.92 Å². The summed E-state index contributed by atoms with van der Waals surface area (Å²) in [5.74, 6) is -2.11. The number of nitrogens with zero attached hydrogens (tertiary/aromatic N) is 1. The van der Waals surface area contributed by atoms with Crippen LogP contribution in [0.1, 0.15) is 34.1 Å². The van der Waals surface area contributed by atoms with E-state index in [-0.39, 0.29) is 39.9 Å². The third-order valence-electron chi connectivity index (χ3n) is 5.49. The zero-order chi connectivity index (χ0) is 27.2. The van der Waals surface area contributed by atoms with Crippen molar-refractivity contribution in [3.05, 3.63) is 94.7 Å². The highest BCUT2D eigenvalue weighted by Gasteiger charge is 2.40. The summed E-state index contributed by atoms with van der Waals surface area (Å²) in [6.07, 6.45) is 0.619. The Kier molecular flexibility index (Phi) is 8.08. The van der Waals surface area contributed by atoms with Crippen LogP contribution >= 0.6 is 11.6 Å². The van der Waals surface area contributed by atoms with Crippen molar-refractivity contribution in [2.45, 2.75) is 13.3 Å². The van der Waals surface area contributed by atoms with Crippen LogP contribution in [0.2, 0.25) is 0 Å². The Morgan fingerprint density at radius 2 is 1.53 bits per heavy atom. The molecule has 2 amide bonds. The molecule has 0 fully saturated rings. The lowest BCUT2D eigenvalue weighted by Crippen LogP contribution is -2.33. The molecule has 4 rings (SSSR count). The summed E-state index contributed by atoms with van der Waals surface area (Å²) in [4.78, 5) is 52.0. The Balaban J connectivity index is 1.50. The van der Waals surface area contributed by atoms with Gasteiger partial charge in [0.15, 0.2) is 11.5 Å². The minimum absolute atomic E-state index is 0.0614. The maximum atomic E-state index is 13.2. The highest BCUT2D eigenvalue weighted by molar-refractivity contribution is 6.53. The molecular formula is C28H23ClN2O7. The summed E-state index contributed by atoms with van der Waals surface area (Å²) in [6, 6.07) is 18.9. The molecule has 1 aliphatic rings. The van der Waals surface area contributed by atoms with Gasteiger partial charge in [-0.1, -0.05) is 42.8 Å². The molecule has 194 valence electrons. The molecule has 0 spiro atoms. The molecule has 0 aliphatic carbocycles. The van der Waals surface area contributed by atoms with E-state index in [4.69, 9.17) is 25.8 Å². The minimum Gasteiger partial charge on any atom is -0.493 e. The number of esters is 2. The first-order valence-electron chi connectivity index (χ1n) is 11.6. The van der Waals surface area contributed by atoms with Crippen molar-refractivity contribution in [1.29, 1.82) is 0 Å². The molecule has 0 atom stereocenters. The molecule has 0 radical (unpaired) electrons. The second kappa shape index (κ2) is 11.6. The van der Waals surface area contributed by atoms with E-state index in [9.17, 15) is 19.2 Å². The molecule has 10 heteroatoms. The van der Waals surface area contributed by atoms with E-state index in [1.54, 1.807) is 36.4 Å². The topological polar surface area (TPSA) is 111 Å². The third-order valence-corrected chi connectivity index (χ3v) is 5.84. The molecule has 0 saturated heterocycles. The fourth-order valence-electron chi connectivity index (χ4n) is 3.64. The maximum absolute atomic E-state index is 13.2. The SMILES string of the molecule is CCCOC(=O)c1ccccc1N1C(=O)C(Cl)=C(Nc2ccc(C(=O)Oc3ccccc3OC)cc2)C1=O. The van der Waals surface area contributed by atoms with Gasteiger partial charge in [0.2, 0.25) is 0 Å². The number of imide groups is 1. The molecule has 38 heavy (non-hydrogen) atoms. The molecule has 1 N–H and O–H groups in total. The quantitative estimate of drug-likeness (QED) is 0.234. The van der Waals surface area contributed by atoms with Crippen molar-refractivity contribution < 1.29 is 33.4 Å². The van der Waals surface area contributed by atoms with Crippen LogP contribution in [0.15, 0.2) is 83.5 Å². The maximum Gasteiger partial charge on any atom is 0.343 e. The summed E-state index contributed by atoms with van der Waals surface area (Å²) < 4.78 is 15.8. The van der Waals surface area contributed by atoms with Crippen LogP contribution in [0.5, 0.6) is 11.5 Å². The van der Waals surface area contributed by atoms with Crippen LogP contribution in [0.25, 0.3) is 0 Å². The number of amides is 2. The lowest BCUT2D eigenvalue weighted by molar-refractivity contribution is -0.120. The average Bonchev–Trinajstić information content (AvgIpc) is 3.15. The van der Waals surface area contributed by atoms with Gasteiger partial charge in [0.1, 0.15) is 10.7 Å². The van der Waals surface area contributed by atoms with Gasteiger partial charge in [-0.05, 0) is 55.0 Å². The van der Waals surface area contributed by atoms with Gasteiger partial charge in [-0.3, -0.25) is 9.59 Å². The highest BCUT2D eigenvalue weighted by Crippen LogP contribution is 2.33. The Bertz CT molecular complexity index is 1430. The largest absolute Gasteiger partial charge is 0.493 e. The molecule has 0 bridgehead atoms. The molecule has 3 aromatic carbocycles. The fraction of sp³-hybridized carbons (Fsp3) is 0.143. The number of carbonyl (C=O) groups is 4. The van der Waals surface area contributed by atoms with E-state index < -0.39 is 23.8 Å². The van der Waals surface area contributed by atoms with Crippen molar-refractivity contribution in [3.63, 3.8) is 0 Å². The van der Waals surface area contributed by atoms with Crippen LogP contribution in [0.3, 0.4) is 0 Å². The first-order valence-corrected chi connectivity index (χ1v) is 12.0. The zero-order valence-electron chi connectivity index (χ0n) is 20.5. The Labute approximate surface area is 223 Å². The Morgan fingerprint density at radius 1 is 0.868 bits per heavy atom. The van der Waals surface area contributed by atoms with Crippen LogP contribution in [-0.2, 0) is 14.3 Å². The molecule has 0 unspecified atom stereocenters. The summed E-state index contributed by atoms with van der Waals surface area (Å²) in [5, 5.41) is 2.49. The van der Waals surface area contributed by atoms with E-state index >= 15 is 0 Å². The fourth-order valence-corrected chi connectivity index (χ4v) is 3.85. The summed E-state index contributed by atoms with van der Waals surface area (Å²) in [7, 11) is 1.47. The monoisotopic (exact) mass is 534 g/mol. The van der Waals surface area contributed by atoms with E-state index in [0.717, 1.165) is 4.90 Å². The van der Waals surface area contributed by atoms with Crippen molar-refractivity contribution in [3.8, 4) is 11.5 Å². The summed E-state index contributed by atoms with van der Waals surface area (Å²) in [5.41, 5.74) is 0.596. The lowest BCUT2D eigenvalue weighted by Gasteiger charge is -2.18. The van der Waals surface area contributed by atoms with E-state index in [0.29, 0.717) is 17.9 Å². The van der Waals surface area contributed by atoms with Gasteiger partial charge in [0, 0.05) is 5.69 Å². The van der Waals surface area contributed by atoms with Gasteiger partial charge in [0.25, 0.3) is 11.8 Å². The van der Waals surface area contributed by atoms with Crippen molar-refractivity contribution in [2.24, 2.45) is 0 Å². The van der Waals surface area contributed by atoms with Crippen LogP contribution in [-0.4, -0.2) is 37.5 Å². The number of para-hydroxylation sites is 3. The Morgan fingerprint density at radius 3 is 2.21 bits per heavy atom. The van der Waals surface area contributed by atoms with Gasteiger partial charge in [-0.25, -0.2) is 14.5 Å². The molecule has 0 saturated carbocycles. The summed E-state index contributed by atoms with van der Waals surface area (Å²) in [6.45, 7) is 2.05. The number of benzene rings is 3. The molecule has 9 nitrogen and oxygen atoms in total. The predicted octanol–water partition coefficient (Wildman–Crippen LogP) is 4.92. The molecule has 3 aromatic rings. The normalized spacial score (nSPS) is 13.0. The third kappa shape index (κ3) is 5.37. The van der Waals surface area contributed by atoms with Gasteiger partial charge >= 0.3 is 11.9 Å². The second-order valence-corrected chi connectivity index (χ2v) is 8.41. The van der Waals surface area contributed by atoms with E-state index in [1.165, 1.54) is 43.5 Å². The van der Waals surface area contributed by atoms with E-state index in [2.05, 4.69) is 5.32 Å². The van der Waals surface area contributed by atoms with Crippen LogP contribution < -0.4 is 19.7 Å². The number of anilines is 2. The first-order chi connectivity index (χ1) is 18.3. The first kappa shape index (κ1) is 26.4. The Hall–Kier alpha value is -4.63. The smallest absolute Gasteiger partial charge is 0.343 e. The number of methoxy groups -OCH3 is 1. The van der Waals surface area contributed by atoms with Crippen LogP contribution in [0.4, 0.5) is 11.4 Å². The van der Waals surface area contributed by atoms with Gasteiger partial charge in [-0.2, -0.15) is 0 Å². The summed E-state index contributed by atoms with van der Waals surface area (Å²) >= 11 is 6.24. The minimum atomic E-state index is -0.785. The van der Waals surface area contributed by atoms with Gasteiger partial charge in [0.05, 0.1) is 30.5 Å². The average molecular weight is 535 g/mol. The zero-order valence-corrected chi connectivity index (χ0v) is 21.3. The number of halogens is 1. The number of ether oxygens (including phenoxy) is 3. The molecular weight excluding hydrogens is 512 g/mol. The van der Waals surface area contributed by atoms with Crippen molar-refractivity contribution >= 4 is 46.7 Å². The predicted molar refractivity (Wildman–Crippen MR) is 140 cm³/mol. The van der Waals surface area contributed by atoms with Crippen molar-refractivity contribution in [2.75, 3.05) is 23.9 Å². The highest BCUT2D eigenvalue weighted by atomic mass is 35.5. The molecule has 0 aromatic heterocycles. The number of hydrogen-bond donors (Lipinski definition) is 1. The number of nitrogens with one attached hydrogen (secondary N) is 1. The van der Waals surface area contributed by atoms with Gasteiger partial charge in [-0.15, -0.1) is 0 Å². The van der Waals surface area contributed by atoms with Crippen molar-refractivity contribution in [1.82, 2.24) is 0 Å². The number of hydrogen-bond acceptors (Lipinski definition) is 8. The molecule has 1 aliphatic heterocycles. The number of rotatable bonds is 9. The second-order valence-electron chi connectivity index (χ2n) is 8.03. The van der Waals surface area contributed by atoms with Crippen LogP contribution in [0, 0.1) is 0 Å². The van der Waals surface area contributed by atoms with Gasteiger partial charge < -0.3 is 19.5 Å². The lowest BCUT2D eigenvalue weighted by atomic mass is 10.1.